The van der Waals surface area contributed by atoms with E-state index in [-0.39, 0.29) is 11.9 Å². The van der Waals surface area contributed by atoms with Gasteiger partial charge in [-0.2, -0.15) is 0 Å². The Morgan fingerprint density at radius 3 is 2.88 bits per heavy atom. The van der Waals surface area contributed by atoms with Crippen LogP contribution in [0.2, 0.25) is 0 Å². The maximum Gasteiger partial charge on any atom is 0.271 e. The van der Waals surface area contributed by atoms with E-state index in [0.717, 1.165) is 35.8 Å². The fraction of sp³-hybridized carbons (Fsp3) is 0.667. The molecule has 1 amide bonds. The molecule has 1 aliphatic rings. The van der Waals surface area contributed by atoms with Gasteiger partial charge in [0.05, 0.1) is 5.01 Å². The molecule has 0 bridgehead atoms. The molecule has 1 unspecified atom stereocenters. The zero-order valence-electron chi connectivity index (χ0n) is 10.6. The molecule has 1 atom stereocenters. The average Bonchev–Trinajstić information content (AvgIpc) is 2.58. The summed E-state index contributed by atoms with van der Waals surface area (Å²) >= 11 is 1.58. The number of hydrogen-bond donors (Lipinski definition) is 1. The van der Waals surface area contributed by atoms with Crippen LogP contribution in [0.4, 0.5) is 0 Å². The maximum absolute atomic E-state index is 12.1. The molecule has 1 aliphatic heterocycles. The first-order chi connectivity index (χ1) is 8.06. The summed E-state index contributed by atoms with van der Waals surface area (Å²) < 4.78 is 0. The van der Waals surface area contributed by atoms with Crippen LogP contribution in [0.15, 0.2) is 0 Å². The second kappa shape index (κ2) is 5.14. The smallest absolute Gasteiger partial charge is 0.271 e. The van der Waals surface area contributed by atoms with Gasteiger partial charge >= 0.3 is 0 Å². The van der Waals surface area contributed by atoms with Crippen LogP contribution in [0, 0.1) is 13.8 Å². The van der Waals surface area contributed by atoms with Gasteiger partial charge in [0, 0.05) is 17.5 Å². The number of aromatic nitrogens is 1. The predicted octanol–water partition coefficient (Wildman–Crippen LogP) is 1.58. The highest BCUT2D eigenvalue weighted by atomic mass is 32.1. The second-order valence-electron chi connectivity index (χ2n) is 4.71. The molecule has 0 spiro atoms. The number of amides is 1. The van der Waals surface area contributed by atoms with Crippen molar-refractivity contribution in [2.75, 3.05) is 20.1 Å². The molecule has 4 nitrogen and oxygen atoms in total. The predicted molar refractivity (Wildman–Crippen MR) is 69.6 cm³/mol. The van der Waals surface area contributed by atoms with Crippen molar-refractivity contribution in [2.45, 2.75) is 32.7 Å². The summed E-state index contributed by atoms with van der Waals surface area (Å²) in [5.41, 5.74) is 0.598. The van der Waals surface area contributed by atoms with Crippen LogP contribution < -0.4 is 5.32 Å². The summed E-state index contributed by atoms with van der Waals surface area (Å²) in [4.78, 5) is 19.6. The van der Waals surface area contributed by atoms with Gasteiger partial charge in [0.15, 0.2) is 0 Å². The van der Waals surface area contributed by atoms with Gasteiger partial charge in [0.2, 0.25) is 0 Å². The van der Waals surface area contributed by atoms with Crippen molar-refractivity contribution in [3.63, 3.8) is 0 Å². The van der Waals surface area contributed by atoms with E-state index in [1.807, 2.05) is 13.8 Å². The van der Waals surface area contributed by atoms with E-state index in [1.165, 1.54) is 0 Å². The van der Waals surface area contributed by atoms with E-state index < -0.39 is 0 Å². The van der Waals surface area contributed by atoms with Crippen LogP contribution in [-0.2, 0) is 0 Å². The Kier molecular flexibility index (Phi) is 3.79. The summed E-state index contributed by atoms with van der Waals surface area (Å²) in [5, 5.41) is 4.04. The van der Waals surface area contributed by atoms with Crippen LogP contribution in [0.5, 0.6) is 0 Å². The highest BCUT2D eigenvalue weighted by Gasteiger charge is 2.21. The number of likely N-dealkylation sites (N-methyl/N-ethyl adjacent to an activating group) is 1. The molecular weight excluding hydrogens is 234 g/mol. The third kappa shape index (κ3) is 3.04. The van der Waals surface area contributed by atoms with Crippen molar-refractivity contribution in [2.24, 2.45) is 0 Å². The third-order valence-corrected chi connectivity index (χ3v) is 3.96. The number of likely N-dealkylation sites (tertiary alicyclic amines) is 1. The number of carbonyl (C=O) groups is 1. The van der Waals surface area contributed by atoms with Gasteiger partial charge in [0.25, 0.3) is 5.91 Å². The molecule has 0 aromatic carbocycles. The second-order valence-corrected chi connectivity index (χ2v) is 6.12. The number of piperidine rings is 1. The summed E-state index contributed by atoms with van der Waals surface area (Å²) in [6.07, 6.45) is 2.22. The maximum atomic E-state index is 12.1. The SMILES string of the molecule is Cc1nc(C(=O)NC2CCCN(C)C2)c(C)s1. The Morgan fingerprint density at radius 1 is 1.53 bits per heavy atom. The first kappa shape index (κ1) is 12.5. The van der Waals surface area contributed by atoms with Gasteiger partial charge in [-0.15, -0.1) is 11.3 Å². The molecule has 5 heteroatoms. The van der Waals surface area contributed by atoms with Crippen molar-refractivity contribution < 1.29 is 4.79 Å². The molecule has 1 aromatic heterocycles. The van der Waals surface area contributed by atoms with Gasteiger partial charge in [-0.25, -0.2) is 4.98 Å². The minimum atomic E-state index is -0.0212. The highest BCUT2D eigenvalue weighted by molar-refractivity contribution is 7.11. The lowest BCUT2D eigenvalue weighted by atomic mass is 10.1. The number of hydrogen-bond acceptors (Lipinski definition) is 4. The molecule has 0 saturated carbocycles. The van der Waals surface area contributed by atoms with E-state index in [4.69, 9.17) is 0 Å². The van der Waals surface area contributed by atoms with Crippen molar-refractivity contribution in [1.82, 2.24) is 15.2 Å². The zero-order chi connectivity index (χ0) is 12.4. The molecule has 94 valence electrons. The molecule has 0 aliphatic carbocycles. The summed E-state index contributed by atoms with van der Waals surface area (Å²) in [6.45, 7) is 5.95. The monoisotopic (exact) mass is 253 g/mol. The fourth-order valence-electron chi connectivity index (χ4n) is 2.28. The normalized spacial score (nSPS) is 21.5. The number of aryl methyl sites for hydroxylation is 2. The van der Waals surface area contributed by atoms with Crippen molar-refractivity contribution in [1.29, 1.82) is 0 Å². The highest BCUT2D eigenvalue weighted by Crippen LogP contribution is 2.17. The molecule has 17 heavy (non-hydrogen) atoms. The first-order valence-electron chi connectivity index (χ1n) is 5.99. The first-order valence-corrected chi connectivity index (χ1v) is 6.81. The molecule has 1 saturated heterocycles. The minimum Gasteiger partial charge on any atom is -0.347 e. The van der Waals surface area contributed by atoms with E-state index in [0.29, 0.717) is 5.69 Å². The molecule has 2 heterocycles. The standard InChI is InChI=1S/C12H19N3OS/c1-8-11(13-9(2)17-8)12(16)14-10-5-4-6-15(3)7-10/h10H,4-7H2,1-3H3,(H,14,16). The summed E-state index contributed by atoms with van der Waals surface area (Å²) in [6, 6.07) is 0.266. The Morgan fingerprint density at radius 2 is 2.29 bits per heavy atom. The van der Waals surface area contributed by atoms with E-state index in [9.17, 15) is 4.79 Å². The van der Waals surface area contributed by atoms with Crippen LogP contribution >= 0.6 is 11.3 Å². The molecule has 0 radical (unpaired) electrons. The van der Waals surface area contributed by atoms with E-state index >= 15 is 0 Å². The Hall–Kier alpha value is -0.940. The van der Waals surface area contributed by atoms with E-state index in [1.54, 1.807) is 11.3 Å². The van der Waals surface area contributed by atoms with E-state index in [2.05, 4.69) is 22.2 Å². The van der Waals surface area contributed by atoms with Crippen LogP contribution in [0.25, 0.3) is 0 Å². The number of carbonyl (C=O) groups excluding carboxylic acids is 1. The number of nitrogens with one attached hydrogen (secondary N) is 1. The fourth-order valence-corrected chi connectivity index (χ4v) is 3.09. The van der Waals surface area contributed by atoms with Crippen molar-refractivity contribution in [3.05, 3.63) is 15.6 Å². The lowest BCUT2D eigenvalue weighted by molar-refractivity contribution is 0.0907. The topological polar surface area (TPSA) is 45.2 Å². The van der Waals surface area contributed by atoms with Crippen molar-refractivity contribution in [3.8, 4) is 0 Å². The van der Waals surface area contributed by atoms with Gasteiger partial charge in [-0.1, -0.05) is 0 Å². The van der Waals surface area contributed by atoms with Gasteiger partial charge < -0.3 is 10.2 Å². The van der Waals surface area contributed by atoms with Crippen LogP contribution in [0.1, 0.15) is 33.2 Å². The number of nitrogens with zero attached hydrogens (tertiary/aromatic N) is 2. The molecule has 1 N–H and O–H groups in total. The molecular formula is C12H19N3OS. The zero-order valence-corrected chi connectivity index (χ0v) is 11.4. The summed E-state index contributed by atoms with van der Waals surface area (Å²) in [7, 11) is 2.09. The van der Waals surface area contributed by atoms with Gasteiger partial charge in [-0.05, 0) is 40.3 Å². The number of thiazole rings is 1. The lowest BCUT2D eigenvalue weighted by Gasteiger charge is -2.30. The van der Waals surface area contributed by atoms with Crippen molar-refractivity contribution >= 4 is 17.2 Å². The quantitative estimate of drug-likeness (QED) is 0.870. The molecule has 1 fully saturated rings. The van der Waals surface area contributed by atoms with Gasteiger partial charge in [-0.3, -0.25) is 4.79 Å². The van der Waals surface area contributed by atoms with Crippen LogP contribution in [-0.4, -0.2) is 42.0 Å². The lowest BCUT2D eigenvalue weighted by Crippen LogP contribution is -2.46. The number of rotatable bonds is 2. The van der Waals surface area contributed by atoms with Gasteiger partial charge in [0.1, 0.15) is 5.69 Å². The van der Waals surface area contributed by atoms with Crippen LogP contribution in [0.3, 0.4) is 0 Å². The Balaban J connectivity index is 1.99. The Bertz CT molecular complexity index is 416. The largest absolute Gasteiger partial charge is 0.347 e. The third-order valence-electron chi connectivity index (χ3n) is 3.08. The molecule has 1 aromatic rings. The average molecular weight is 253 g/mol. The summed E-state index contributed by atoms with van der Waals surface area (Å²) in [5.74, 6) is -0.0212. The Labute approximate surface area is 106 Å². The minimum absolute atomic E-state index is 0.0212. The molecule has 2 rings (SSSR count).